The molecule has 0 spiro atoms. The van der Waals surface area contributed by atoms with E-state index in [1.807, 2.05) is 11.4 Å². The number of thiophene rings is 1. The van der Waals surface area contributed by atoms with Gasteiger partial charge in [0.25, 0.3) is 0 Å². The Kier molecular flexibility index (Phi) is 5.32. The second-order valence-corrected chi connectivity index (χ2v) is 4.94. The first kappa shape index (κ1) is 14.0. The number of rotatable bonds is 7. The second-order valence-electron chi connectivity index (χ2n) is 4.16. The van der Waals surface area contributed by atoms with Gasteiger partial charge >= 0.3 is 0 Å². The van der Waals surface area contributed by atoms with E-state index in [4.69, 9.17) is 4.74 Å². The molecule has 1 heterocycles. The third kappa shape index (κ3) is 4.63. The van der Waals surface area contributed by atoms with Crippen molar-refractivity contribution in [3.63, 3.8) is 0 Å². The highest BCUT2D eigenvalue weighted by Gasteiger charge is 2.07. The fourth-order valence-corrected chi connectivity index (χ4v) is 2.25. The van der Waals surface area contributed by atoms with E-state index in [0.717, 1.165) is 0 Å². The van der Waals surface area contributed by atoms with Crippen molar-refractivity contribution in [1.29, 1.82) is 0 Å². The Bertz CT molecular complexity index is 490. The Morgan fingerprint density at radius 2 is 2.16 bits per heavy atom. The molecule has 1 atom stereocenters. The number of aliphatic hydroxyl groups is 1. The first-order chi connectivity index (χ1) is 9.25. The third-order valence-electron chi connectivity index (χ3n) is 2.56. The van der Waals surface area contributed by atoms with Crippen LogP contribution < -0.4 is 10.1 Å². The van der Waals surface area contributed by atoms with Gasteiger partial charge < -0.3 is 15.2 Å². The summed E-state index contributed by atoms with van der Waals surface area (Å²) >= 11 is 1.64. The smallest absolute Gasteiger partial charge is 0.165 e. The fourth-order valence-electron chi connectivity index (χ4n) is 1.58. The highest BCUT2D eigenvalue weighted by Crippen LogP contribution is 2.15. The highest BCUT2D eigenvalue weighted by molar-refractivity contribution is 7.07. The largest absolute Gasteiger partial charge is 0.488 e. The number of benzene rings is 1. The van der Waals surface area contributed by atoms with E-state index in [1.165, 1.54) is 11.6 Å². The number of ether oxygens (including phenoxy) is 1. The van der Waals surface area contributed by atoms with E-state index in [0.29, 0.717) is 13.1 Å². The maximum Gasteiger partial charge on any atom is 0.165 e. The second kappa shape index (κ2) is 7.23. The zero-order chi connectivity index (χ0) is 13.5. The van der Waals surface area contributed by atoms with Crippen LogP contribution >= 0.6 is 11.3 Å². The predicted octanol–water partition coefficient (Wildman–Crippen LogP) is 2.42. The lowest BCUT2D eigenvalue weighted by molar-refractivity contribution is 0.104. The summed E-state index contributed by atoms with van der Waals surface area (Å²) in [6.07, 6.45) is -0.668. The van der Waals surface area contributed by atoms with E-state index in [-0.39, 0.29) is 12.4 Å². The molecule has 5 heteroatoms. The van der Waals surface area contributed by atoms with Crippen molar-refractivity contribution in [3.05, 3.63) is 52.5 Å². The maximum atomic E-state index is 13.3. The first-order valence-corrected chi connectivity index (χ1v) is 6.97. The summed E-state index contributed by atoms with van der Waals surface area (Å²) < 4.78 is 18.5. The van der Waals surface area contributed by atoms with Gasteiger partial charge in [0.1, 0.15) is 12.7 Å². The van der Waals surface area contributed by atoms with E-state index >= 15 is 0 Å². The molecular formula is C14H16FNO2S. The lowest BCUT2D eigenvalue weighted by Gasteiger charge is -2.13. The van der Waals surface area contributed by atoms with Crippen LogP contribution in [0.25, 0.3) is 0 Å². The molecule has 2 aromatic rings. The van der Waals surface area contributed by atoms with E-state index in [2.05, 4.69) is 10.7 Å². The molecule has 3 nitrogen and oxygen atoms in total. The molecule has 1 unspecified atom stereocenters. The average Bonchev–Trinajstić information content (AvgIpc) is 2.91. The van der Waals surface area contributed by atoms with Crippen molar-refractivity contribution in [2.45, 2.75) is 12.6 Å². The SMILES string of the molecule is OC(CNCc1ccsc1)COc1ccccc1F. The zero-order valence-electron chi connectivity index (χ0n) is 10.4. The van der Waals surface area contributed by atoms with Crippen molar-refractivity contribution in [2.75, 3.05) is 13.2 Å². The van der Waals surface area contributed by atoms with E-state index in [9.17, 15) is 9.50 Å². The number of para-hydroxylation sites is 1. The summed E-state index contributed by atoms with van der Waals surface area (Å²) in [5.41, 5.74) is 1.19. The molecule has 2 rings (SSSR count). The Morgan fingerprint density at radius 1 is 1.32 bits per heavy atom. The van der Waals surface area contributed by atoms with E-state index in [1.54, 1.807) is 29.5 Å². The number of aliphatic hydroxyl groups excluding tert-OH is 1. The van der Waals surface area contributed by atoms with Crippen LogP contribution in [-0.4, -0.2) is 24.4 Å². The number of hydrogen-bond donors (Lipinski definition) is 2. The van der Waals surface area contributed by atoms with Gasteiger partial charge in [-0.05, 0) is 34.5 Å². The summed E-state index contributed by atoms with van der Waals surface area (Å²) in [4.78, 5) is 0. The summed E-state index contributed by atoms with van der Waals surface area (Å²) in [5, 5.41) is 16.9. The van der Waals surface area contributed by atoms with Gasteiger partial charge in [-0.3, -0.25) is 0 Å². The molecule has 1 aromatic carbocycles. The Hall–Kier alpha value is -1.43. The van der Waals surface area contributed by atoms with Crippen LogP contribution in [0.2, 0.25) is 0 Å². The minimum absolute atomic E-state index is 0.0670. The van der Waals surface area contributed by atoms with Gasteiger partial charge in [0.05, 0.1) is 0 Å². The Balaban J connectivity index is 1.67. The predicted molar refractivity (Wildman–Crippen MR) is 73.9 cm³/mol. The van der Waals surface area contributed by atoms with Crippen molar-refractivity contribution < 1.29 is 14.2 Å². The molecule has 19 heavy (non-hydrogen) atoms. The molecule has 0 aliphatic rings. The van der Waals surface area contributed by atoms with Crippen LogP contribution in [0.3, 0.4) is 0 Å². The van der Waals surface area contributed by atoms with Gasteiger partial charge in [0.2, 0.25) is 0 Å². The van der Waals surface area contributed by atoms with Crippen molar-refractivity contribution in [1.82, 2.24) is 5.32 Å². The van der Waals surface area contributed by atoms with Crippen LogP contribution in [0, 0.1) is 5.82 Å². The van der Waals surface area contributed by atoms with Crippen molar-refractivity contribution in [2.24, 2.45) is 0 Å². The summed E-state index contributed by atoms with van der Waals surface area (Å²) in [6, 6.07) is 8.19. The fraction of sp³-hybridized carbons (Fsp3) is 0.286. The molecule has 0 fully saturated rings. The summed E-state index contributed by atoms with van der Waals surface area (Å²) in [7, 11) is 0. The average molecular weight is 281 g/mol. The Labute approximate surface area is 115 Å². The molecule has 2 N–H and O–H groups in total. The van der Waals surface area contributed by atoms with Crippen LogP contribution in [-0.2, 0) is 6.54 Å². The molecule has 102 valence electrons. The Morgan fingerprint density at radius 3 is 2.89 bits per heavy atom. The lowest BCUT2D eigenvalue weighted by atomic mass is 10.3. The molecule has 0 radical (unpaired) electrons. The molecule has 0 bridgehead atoms. The number of halogens is 1. The topological polar surface area (TPSA) is 41.5 Å². The monoisotopic (exact) mass is 281 g/mol. The number of hydrogen-bond acceptors (Lipinski definition) is 4. The highest BCUT2D eigenvalue weighted by atomic mass is 32.1. The molecule has 0 aliphatic heterocycles. The maximum absolute atomic E-state index is 13.3. The van der Waals surface area contributed by atoms with Gasteiger partial charge in [-0.15, -0.1) is 0 Å². The van der Waals surface area contributed by atoms with Crippen LogP contribution in [0.5, 0.6) is 5.75 Å². The van der Waals surface area contributed by atoms with Gasteiger partial charge in [-0.1, -0.05) is 12.1 Å². The molecular weight excluding hydrogens is 265 g/mol. The van der Waals surface area contributed by atoms with Gasteiger partial charge in [-0.25, -0.2) is 4.39 Å². The molecule has 0 saturated heterocycles. The molecule has 1 aromatic heterocycles. The first-order valence-electron chi connectivity index (χ1n) is 6.03. The van der Waals surface area contributed by atoms with Gasteiger partial charge in [0.15, 0.2) is 11.6 Å². The summed E-state index contributed by atoms with van der Waals surface area (Å²) in [6.45, 7) is 1.18. The van der Waals surface area contributed by atoms with Crippen LogP contribution in [0.4, 0.5) is 4.39 Å². The normalized spacial score (nSPS) is 12.3. The molecule has 0 aliphatic carbocycles. The number of nitrogens with one attached hydrogen (secondary N) is 1. The van der Waals surface area contributed by atoms with E-state index < -0.39 is 11.9 Å². The van der Waals surface area contributed by atoms with Crippen LogP contribution in [0.1, 0.15) is 5.56 Å². The molecule has 0 saturated carbocycles. The minimum Gasteiger partial charge on any atom is -0.488 e. The lowest BCUT2D eigenvalue weighted by Crippen LogP contribution is -2.31. The van der Waals surface area contributed by atoms with Crippen LogP contribution in [0.15, 0.2) is 41.1 Å². The molecule has 0 amide bonds. The standard InChI is InChI=1S/C14H16FNO2S/c15-13-3-1-2-4-14(13)18-9-12(17)8-16-7-11-5-6-19-10-11/h1-6,10,12,16-17H,7-9H2. The summed E-state index contributed by atoms with van der Waals surface area (Å²) in [5.74, 6) is -0.250. The zero-order valence-corrected chi connectivity index (χ0v) is 11.2. The quantitative estimate of drug-likeness (QED) is 0.819. The van der Waals surface area contributed by atoms with Gasteiger partial charge in [0, 0.05) is 13.1 Å². The third-order valence-corrected chi connectivity index (χ3v) is 3.29. The minimum atomic E-state index is -0.668. The van der Waals surface area contributed by atoms with Crippen molar-refractivity contribution in [3.8, 4) is 5.75 Å². The van der Waals surface area contributed by atoms with Gasteiger partial charge in [-0.2, -0.15) is 11.3 Å². The van der Waals surface area contributed by atoms with Crippen molar-refractivity contribution >= 4 is 11.3 Å².